The number of fused-ring (bicyclic) bond motifs is 1. The quantitative estimate of drug-likeness (QED) is 0.449. The van der Waals surface area contributed by atoms with Crippen LogP contribution in [0.15, 0.2) is 54.6 Å². The number of alkyl halides is 3. The predicted molar refractivity (Wildman–Crippen MR) is 129 cm³/mol. The molecule has 2 fully saturated rings. The van der Waals surface area contributed by atoms with Gasteiger partial charge in [-0.25, -0.2) is 0 Å². The normalized spacial score (nSPS) is 25.4. The van der Waals surface area contributed by atoms with Crippen LogP contribution >= 0.6 is 0 Å². The first-order chi connectivity index (χ1) is 15.7. The zero-order chi connectivity index (χ0) is 24.0. The van der Waals surface area contributed by atoms with Crippen LogP contribution in [0.4, 0.5) is 13.2 Å². The minimum atomic E-state index is -4.12. The summed E-state index contributed by atoms with van der Waals surface area (Å²) in [7, 11) is 1.71. The fourth-order valence-electron chi connectivity index (χ4n) is 5.19. The number of hydrogen-bond donors (Lipinski definition) is 0. The van der Waals surface area contributed by atoms with Crippen molar-refractivity contribution in [2.24, 2.45) is 5.92 Å². The van der Waals surface area contributed by atoms with Crippen LogP contribution in [0, 0.1) is 12.8 Å². The zero-order valence-corrected chi connectivity index (χ0v) is 20.1. The molecule has 0 N–H and O–H groups in total. The third-order valence-electron chi connectivity index (χ3n) is 6.88. The highest BCUT2D eigenvalue weighted by Gasteiger charge is 2.49. The summed E-state index contributed by atoms with van der Waals surface area (Å²) < 4.78 is 44.0. The van der Waals surface area contributed by atoms with Gasteiger partial charge in [0.2, 0.25) is 0 Å². The molecule has 182 valence electrons. The summed E-state index contributed by atoms with van der Waals surface area (Å²) in [5.74, 6) is 0.170. The van der Waals surface area contributed by atoms with E-state index in [-0.39, 0.29) is 24.5 Å². The average Bonchev–Trinajstić information content (AvgIpc) is 2.74. The third-order valence-corrected chi connectivity index (χ3v) is 6.88. The van der Waals surface area contributed by atoms with Gasteiger partial charge < -0.3 is 9.64 Å². The molecule has 6 heteroatoms. The highest BCUT2D eigenvalue weighted by molar-refractivity contribution is 5.74. The van der Waals surface area contributed by atoms with Crippen molar-refractivity contribution in [2.75, 3.05) is 39.9 Å². The molecule has 0 saturated carbocycles. The van der Waals surface area contributed by atoms with Crippen molar-refractivity contribution in [3.8, 4) is 0 Å². The fraction of sp³-hybridized carbons (Fsp3) is 0.556. The lowest BCUT2D eigenvalue weighted by molar-refractivity contribution is -0.141. The molecule has 0 bridgehead atoms. The number of ether oxygens (including phenoxy) is 1. The topological polar surface area (TPSA) is 15.7 Å². The van der Waals surface area contributed by atoms with Crippen LogP contribution < -0.4 is 0 Å². The lowest BCUT2D eigenvalue weighted by Crippen LogP contribution is -2.69. The molecule has 0 unspecified atom stereocenters. The van der Waals surface area contributed by atoms with Crippen molar-refractivity contribution in [3.63, 3.8) is 0 Å². The number of halogens is 3. The minimum absolute atomic E-state index is 0.0634. The van der Waals surface area contributed by atoms with Crippen molar-refractivity contribution < 1.29 is 17.9 Å². The molecule has 0 spiro atoms. The van der Waals surface area contributed by atoms with E-state index in [2.05, 4.69) is 60.9 Å². The molecule has 2 aliphatic heterocycles. The van der Waals surface area contributed by atoms with Crippen LogP contribution in [-0.4, -0.2) is 68.0 Å². The van der Waals surface area contributed by atoms with Crippen LogP contribution in [0.1, 0.15) is 37.3 Å². The van der Waals surface area contributed by atoms with Crippen molar-refractivity contribution in [3.05, 3.63) is 65.8 Å². The second-order valence-electron chi connectivity index (χ2n) is 9.25. The largest absolute Gasteiger partial charge is 0.390 e. The van der Waals surface area contributed by atoms with Crippen molar-refractivity contribution in [2.45, 2.75) is 51.4 Å². The van der Waals surface area contributed by atoms with Crippen molar-refractivity contribution >= 4 is 5.57 Å². The Kier molecular flexibility index (Phi) is 8.96. The highest BCUT2D eigenvalue weighted by atomic mass is 19.4. The predicted octanol–water partition coefficient (Wildman–Crippen LogP) is 5.87. The van der Waals surface area contributed by atoms with Gasteiger partial charge in [0.25, 0.3) is 0 Å². The fourth-order valence-corrected chi connectivity index (χ4v) is 5.19. The Morgan fingerprint density at radius 1 is 1.21 bits per heavy atom. The lowest BCUT2D eigenvalue weighted by Gasteiger charge is -2.57. The lowest BCUT2D eigenvalue weighted by atomic mass is 9.74. The smallest absolute Gasteiger partial charge is 0.383 e. The molecular formula is C27H37F3N2O. The molecule has 0 aliphatic carbocycles. The molecule has 3 nitrogen and oxygen atoms in total. The average molecular weight is 463 g/mol. The van der Waals surface area contributed by atoms with E-state index in [0.717, 1.165) is 42.6 Å². The van der Waals surface area contributed by atoms with Crippen molar-refractivity contribution in [1.29, 1.82) is 0 Å². The Morgan fingerprint density at radius 2 is 1.97 bits per heavy atom. The van der Waals surface area contributed by atoms with Gasteiger partial charge >= 0.3 is 6.18 Å². The van der Waals surface area contributed by atoms with Gasteiger partial charge in [-0.2, -0.15) is 13.2 Å². The minimum Gasteiger partial charge on any atom is -0.383 e. The second kappa shape index (κ2) is 11.5. The third kappa shape index (κ3) is 6.81. The van der Waals surface area contributed by atoms with Gasteiger partial charge in [0, 0.05) is 38.2 Å². The zero-order valence-electron chi connectivity index (χ0n) is 20.1. The van der Waals surface area contributed by atoms with Crippen LogP contribution in [0.25, 0.3) is 5.57 Å². The summed E-state index contributed by atoms with van der Waals surface area (Å²) >= 11 is 0. The van der Waals surface area contributed by atoms with Crippen molar-refractivity contribution in [1.82, 2.24) is 9.80 Å². The highest BCUT2D eigenvalue weighted by Crippen LogP contribution is 2.40. The number of benzene rings is 1. The molecule has 0 aromatic heterocycles. The van der Waals surface area contributed by atoms with Crippen LogP contribution in [-0.2, 0) is 4.74 Å². The van der Waals surface area contributed by atoms with E-state index in [0.29, 0.717) is 13.2 Å². The molecule has 33 heavy (non-hydrogen) atoms. The first kappa shape index (κ1) is 25.7. The maximum absolute atomic E-state index is 12.8. The Labute approximate surface area is 196 Å². The summed E-state index contributed by atoms with van der Waals surface area (Å²) in [4.78, 5) is 4.41. The number of aryl methyl sites for hydroxylation is 1. The van der Waals surface area contributed by atoms with Gasteiger partial charge in [-0.3, -0.25) is 4.90 Å². The molecule has 3 rings (SSSR count). The molecule has 3 atom stereocenters. The van der Waals surface area contributed by atoms with Gasteiger partial charge in [-0.15, -0.1) is 0 Å². The molecule has 2 heterocycles. The molecule has 1 aromatic rings. The van der Waals surface area contributed by atoms with Gasteiger partial charge in [-0.1, -0.05) is 54.6 Å². The molecule has 0 amide bonds. The maximum Gasteiger partial charge on any atom is 0.390 e. The first-order valence-electron chi connectivity index (χ1n) is 11.9. The number of hydrogen-bond acceptors (Lipinski definition) is 3. The van der Waals surface area contributed by atoms with E-state index in [1.165, 1.54) is 5.56 Å². The first-order valence-corrected chi connectivity index (χ1v) is 11.9. The number of nitrogens with zero attached hydrogens (tertiary/aromatic N) is 2. The number of allylic oxidation sites excluding steroid dienone is 4. The molecule has 0 radical (unpaired) electrons. The Balaban J connectivity index is 1.75. The second-order valence-corrected chi connectivity index (χ2v) is 9.25. The monoisotopic (exact) mass is 462 g/mol. The number of rotatable bonds is 8. The Hall–Kier alpha value is -1.89. The standard InChI is InChI=1S/C27H37F3N2O/c1-5-22(23-10-8-9-20(2)17-23)12-11-21(3)26-24-18-31(16-13-27(28,29)30)14-6-7-15-32(24)25(26)19-33-4/h5,8-12,17,24-26H,3,6-7,13-16,18-19H2,1-2,4H3/b12-11-,22-5+/t24-,25+,26-/m0/s1. The van der Waals surface area contributed by atoms with E-state index in [4.69, 9.17) is 4.74 Å². The van der Waals surface area contributed by atoms with E-state index in [1.54, 1.807) is 7.11 Å². The summed E-state index contributed by atoms with van der Waals surface area (Å²) in [5, 5.41) is 0. The Morgan fingerprint density at radius 3 is 2.64 bits per heavy atom. The summed E-state index contributed by atoms with van der Waals surface area (Å²) in [6.07, 6.45) is 3.32. The molecule has 2 saturated heterocycles. The molecule has 2 aliphatic rings. The van der Waals surface area contributed by atoms with E-state index < -0.39 is 12.6 Å². The van der Waals surface area contributed by atoms with Gasteiger partial charge in [0.05, 0.1) is 13.0 Å². The molecule has 1 aromatic carbocycles. The summed E-state index contributed by atoms with van der Waals surface area (Å²) in [5.41, 5.74) is 4.52. The van der Waals surface area contributed by atoms with E-state index >= 15 is 0 Å². The van der Waals surface area contributed by atoms with Gasteiger partial charge in [0.1, 0.15) is 0 Å². The van der Waals surface area contributed by atoms with Gasteiger partial charge in [0.15, 0.2) is 0 Å². The summed E-state index contributed by atoms with van der Waals surface area (Å²) in [6, 6.07) is 8.78. The van der Waals surface area contributed by atoms with E-state index in [1.807, 2.05) is 11.8 Å². The van der Waals surface area contributed by atoms with Crippen LogP contribution in [0.5, 0.6) is 0 Å². The van der Waals surface area contributed by atoms with E-state index in [9.17, 15) is 13.2 Å². The van der Waals surface area contributed by atoms with Gasteiger partial charge in [-0.05, 0) is 56.5 Å². The number of methoxy groups -OCH3 is 1. The Bertz CT molecular complexity index is 861. The maximum atomic E-state index is 12.8. The van der Waals surface area contributed by atoms with Crippen LogP contribution in [0.2, 0.25) is 0 Å². The molecular weight excluding hydrogens is 425 g/mol. The van der Waals surface area contributed by atoms with Crippen LogP contribution in [0.3, 0.4) is 0 Å². The summed E-state index contributed by atoms with van der Waals surface area (Å²) in [6.45, 7) is 11.5. The SMILES string of the molecule is C=C(/C=C\C(=C/C)c1cccc(C)c1)[C@@H]1[C@@H](COC)N2CCCCN(CCC(F)(F)F)C[C@@H]12.